The number of carbonyl (C=O) groups is 1. The van der Waals surface area contributed by atoms with Crippen LogP contribution in [0.4, 0.5) is 5.13 Å². The zero-order chi connectivity index (χ0) is 14.9. The van der Waals surface area contributed by atoms with E-state index in [-0.39, 0.29) is 20.6 Å². The maximum Gasteiger partial charge on any atom is 0.337 e. The first-order valence-corrected chi connectivity index (χ1v) is 7.83. The van der Waals surface area contributed by atoms with Crippen molar-refractivity contribution in [3.63, 3.8) is 0 Å². The summed E-state index contributed by atoms with van der Waals surface area (Å²) in [6.07, 6.45) is 0. The second kappa shape index (κ2) is 5.35. The lowest BCUT2D eigenvalue weighted by Crippen LogP contribution is -2.13. The number of hydrogen-bond donors (Lipinski definition) is 2. The van der Waals surface area contributed by atoms with Gasteiger partial charge in [0.1, 0.15) is 5.01 Å². The summed E-state index contributed by atoms with van der Waals surface area (Å²) < 4.78 is 26.4. The quantitative estimate of drug-likeness (QED) is 0.885. The van der Waals surface area contributed by atoms with Crippen LogP contribution >= 0.6 is 22.9 Å². The van der Waals surface area contributed by atoms with E-state index in [4.69, 9.17) is 16.7 Å². The predicted molar refractivity (Wildman–Crippen MR) is 73.9 cm³/mol. The number of carboxylic acid groups (broad SMARTS) is 1. The molecule has 0 unspecified atom stereocenters. The average molecular weight is 334 g/mol. The second-order valence-electron chi connectivity index (χ2n) is 3.68. The number of anilines is 1. The SMILES string of the molecule is Cc1nnc(NS(=O)(=O)c2ccc(Cl)c(C(=O)O)c2)s1. The molecule has 0 aliphatic heterocycles. The fourth-order valence-electron chi connectivity index (χ4n) is 1.35. The van der Waals surface area contributed by atoms with Gasteiger partial charge in [0.05, 0.1) is 15.5 Å². The fourth-order valence-corrected chi connectivity index (χ4v) is 3.39. The Labute approximate surface area is 123 Å². The third-order valence-electron chi connectivity index (χ3n) is 2.23. The Hall–Kier alpha value is -1.71. The molecule has 20 heavy (non-hydrogen) atoms. The molecule has 0 fully saturated rings. The Morgan fingerprint density at radius 2 is 2.10 bits per heavy atom. The van der Waals surface area contributed by atoms with Crippen molar-refractivity contribution in [1.82, 2.24) is 10.2 Å². The molecule has 2 aromatic rings. The third kappa shape index (κ3) is 3.06. The summed E-state index contributed by atoms with van der Waals surface area (Å²) >= 11 is 6.76. The zero-order valence-electron chi connectivity index (χ0n) is 9.99. The van der Waals surface area contributed by atoms with Crippen LogP contribution in [0.5, 0.6) is 0 Å². The largest absolute Gasteiger partial charge is 0.478 e. The van der Waals surface area contributed by atoms with E-state index in [0.29, 0.717) is 5.01 Å². The summed E-state index contributed by atoms with van der Waals surface area (Å²) in [4.78, 5) is 10.7. The van der Waals surface area contributed by atoms with Gasteiger partial charge in [-0.1, -0.05) is 22.9 Å². The molecule has 106 valence electrons. The summed E-state index contributed by atoms with van der Waals surface area (Å²) in [5, 5.41) is 16.9. The molecule has 0 radical (unpaired) electrons. The highest BCUT2D eigenvalue weighted by Gasteiger charge is 2.19. The molecular weight excluding hydrogens is 326 g/mol. The minimum absolute atomic E-state index is 0.0387. The van der Waals surface area contributed by atoms with Gasteiger partial charge in [-0.3, -0.25) is 4.72 Å². The molecular formula is C10H8ClN3O4S2. The van der Waals surface area contributed by atoms with Crippen molar-refractivity contribution >= 4 is 44.1 Å². The Kier molecular flexibility index (Phi) is 3.93. The van der Waals surface area contributed by atoms with Crippen molar-refractivity contribution in [2.24, 2.45) is 0 Å². The van der Waals surface area contributed by atoms with Crippen molar-refractivity contribution in [2.45, 2.75) is 11.8 Å². The molecule has 0 spiro atoms. The van der Waals surface area contributed by atoms with E-state index in [9.17, 15) is 13.2 Å². The van der Waals surface area contributed by atoms with E-state index in [0.717, 1.165) is 17.4 Å². The molecule has 1 aromatic heterocycles. The number of aromatic nitrogens is 2. The normalized spacial score (nSPS) is 11.3. The van der Waals surface area contributed by atoms with Crippen LogP contribution in [0.2, 0.25) is 5.02 Å². The number of halogens is 1. The molecule has 1 heterocycles. The summed E-state index contributed by atoms with van der Waals surface area (Å²) in [6, 6.07) is 3.41. The Morgan fingerprint density at radius 1 is 1.40 bits per heavy atom. The minimum Gasteiger partial charge on any atom is -0.478 e. The lowest BCUT2D eigenvalue weighted by Gasteiger charge is -2.06. The molecule has 0 saturated heterocycles. The first-order chi connectivity index (χ1) is 9.29. The van der Waals surface area contributed by atoms with Crippen LogP contribution in [0.1, 0.15) is 15.4 Å². The Bertz CT molecular complexity index is 773. The lowest BCUT2D eigenvalue weighted by atomic mass is 10.2. The van der Waals surface area contributed by atoms with Gasteiger partial charge in [0, 0.05) is 0 Å². The first-order valence-electron chi connectivity index (χ1n) is 5.15. The first kappa shape index (κ1) is 14.7. The van der Waals surface area contributed by atoms with Gasteiger partial charge in [-0.05, 0) is 25.1 Å². The van der Waals surface area contributed by atoms with Crippen molar-refractivity contribution < 1.29 is 18.3 Å². The van der Waals surface area contributed by atoms with E-state index in [1.54, 1.807) is 6.92 Å². The Morgan fingerprint density at radius 3 is 2.65 bits per heavy atom. The number of benzene rings is 1. The average Bonchev–Trinajstić information content (AvgIpc) is 2.73. The van der Waals surface area contributed by atoms with Gasteiger partial charge in [-0.2, -0.15) is 0 Å². The smallest absolute Gasteiger partial charge is 0.337 e. The maximum atomic E-state index is 12.1. The van der Waals surface area contributed by atoms with Gasteiger partial charge >= 0.3 is 5.97 Å². The number of aryl methyl sites for hydroxylation is 1. The van der Waals surface area contributed by atoms with Crippen molar-refractivity contribution in [3.8, 4) is 0 Å². The molecule has 10 heteroatoms. The fraction of sp³-hybridized carbons (Fsp3) is 0.100. The lowest BCUT2D eigenvalue weighted by molar-refractivity contribution is 0.0697. The monoisotopic (exact) mass is 333 g/mol. The zero-order valence-corrected chi connectivity index (χ0v) is 12.4. The number of nitrogens with zero attached hydrogens (tertiary/aromatic N) is 2. The molecule has 2 N–H and O–H groups in total. The van der Waals surface area contributed by atoms with Crippen LogP contribution in [0.3, 0.4) is 0 Å². The summed E-state index contributed by atoms with van der Waals surface area (Å²) in [7, 11) is -3.94. The summed E-state index contributed by atoms with van der Waals surface area (Å²) in [5.74, 6) is -1.31. The summed E-state index contributed by atoms with van der Waals surface area (Å²) in [6.45, 7) is 1.68. The maximum absolute atomic E-state index is 12.1. The molecule has 7 nitrogen and oxygen atoms in total. The van der Waals surface area contributed by atoms with Gasteiger partial charge < -0.3 is 5.11 Å². The second-order valence-corrected chi connectivity index (χ2v) is 6.95. The van der Waals surface area contributed by atoms with E-state index in [1.165, 1.54) is 12.1 Å². The van der Waals surface area contributed by atoms with Crippen LogP contribution < -0.4 is 4.72 Å². The van der Waals surface area contributed by atoms with E-state index >= 15 is 0 Å². The van der Waals surface area contributed by atoms with Crippen molar-refractivity contribution in [1.29, 1.82) is 0 Å². The Balaban J connectivity index is 2.39. The highest BCUT2D eigenvalue weighted by Crippen LogP contribution is 2.23. The topological polar surface area (TPSA) is 109 Å². The third-order valence-corrected chi connectivity index (χ3v) is 4.78. The van der Waals surface area contributed by atoms with Gasteiger partial charge in [-0.25, -0.2) is 13.2 Å². The van der Waals surface area contributed by atoms with Crippen molar-refractivity contribution in [3.05, 3.63) is 33.8 Å². The number of hydrogen-bond acceptors (Lipinski definition) is 6. The minimum atomic E-state index is -3.94. The summed E-state index contributed by atoms with van der Waals surface area (Å²) in [5.41, 5.74) is -0.289. The van der Waals surface area contributed by atoms with E-state index in [1.807, 2.05) is 0 Å². The molecule has 0 aliphatic carbocycles. The standard InChI is InChI=1S/C10H8ClN3O4S2/c1-5-12-13-10(19-5)14-20(17,18)6-2-3-8(11)7(4-6)9(15)16/h2-4H,1H3,(H,13,14)(H,15,16). The highest BCUT2D eigenvalue weighted by molar-refractivity contribution is 7.93. The number of sulfonamides is 1. The molecule has 1 aromatic carbocycles. The molecule has 0 saturated carbocycles. The molecule has 0 bridgehead atoms. The van der Waals surface area contributed by atoms with Crippen molar-refractivity contribution in [2.75, 3.05) is 4.72 Å². The van der Waals surface area contributed by atoms with E-state index in [2.05, 4.69) is 14.9 Å². The number of rotatable bonds is 4. The van der Waals surface area contributed by atoms with Crippen LogP contribution in [0.15, 0.2) is 23.1 Å². The predicted octanol–water partition coefficient (Wildman–Crippen LogP) is 2.00. The highest BCUT2D eigenvalue weighted by atomic mass is 35.5. The van der Waals surface area contributed by atoms with Crippen LogP contribution in [-0.4, -0.2) is 29.7 Å². The molecule has 0 amide bonds. The van der Waals surface area contributed by atoms with Crippen LogP contribution in [0.25, 0.3) is 0 Å². The van der Waals surface area contributed by atoms with Crippen LogP contribution in [0, 0.1) is 6.92 Å². The van der Waals surface area contributed by atoms with Gasteiger partial charge in [0.15, 0.2) is 0 Å². The number of nitrogens with one attached hydrogen (secondary N) is 1. The molecule has 0 aliphatic rings. The van der Waals surface area contributed by atoms with Gasteiger partial charge in [0.25, 0.3) is 10.0 Å². The van der Waals surface area contributed by atoms with Gasteiger partial charge in [-0.15, -0.1) is 10.2 Å². The number of aromatic carboxylic acids is 1. The molecule has 0 atom stereocenters. The number of carboxylic acids is 1. The molecule has 2 rings (SSSR count). The van der Waals surface area contributed by atoms with E-state index < -0.39 is 16.0 Å². The van der Waals surface area contributed by atoms with Crippen LogP contribution in [-0.2, 0) is 10.0 Å². The van der Waals surface area contributed by atoms with Gasteiger partial charge in [0.2, 0.25) is 5.13 Å².